The standard InChI is InChI=1S/C20H26N6O4/c1-13-20(24-30-23-13)26-7-5-25(6-8-26)12-15-11-21-22-18(15)14-9-16(27-2)19(29-4)17(10-14)28-3/h9-11H,5-8,12H2,1-4H3,(H,21,22). The van der Waals surface area contributed by atoms with E-state index in [1.807, 2.05) is 25.3 Å². The number of rotatable bonds is 7. The van der Waals surface area contributed by atoms with Crippen molar-refractivity contribution >= 4 is 5.82 Å². The first-order valence-electron chi connectivity index (χ1n) is 9.73. The van der Waals surface area contributed by atoms with Crippen LogP contribution >= 0.6 is 0 Å². The van der Waals surface area contributed by atoms with Gasteiger partial charge < -0.3 is 19.1 Å². The third-order valence-corrected chi connectivity index (χ3v) is 5.37. The third-order valence-electron chi connectivity index (χ3n) is 5.37. The van der Waals surface area contributed by atoms with E-state index in [1.165, 1.54) is 0 Å². The number of H-pyrrole nitrogens is 1. The van der Waals surface area contributed by atoms with Crippen LogP contribution in [-0.2, 0) is 6.54 Å². The Labute approximate surface area is 174 Å². The first-order valence-corrected chi connectivity index (χ1v) is 9.73. The minimum atomic E-state index is 0.568. The number of anilines is 1. The zero-order chi connectivity index (χ0) is 21.1. The zero-order valence-corrected chi connectivity index (χ0v) is 17.6. The number of hydrogen-bond donors (Lipinski definition) is 1. The summed E-state index contributed by atoms with van der Waals surface area (Å²) in [5.41, 5.74) is 3.80. The highest BCUT2D eigenvalue weighted by molar-refractivity contribution is 5.70. The molecule has 30 heavy (non-hydrogen) atoms. The molecule has 1 N–H and O–H groups in total. The summed E-state index contributed by atoms with van der Waals surface area (Å²) in [4.78, 5) is 4.60. The van der Waals surface area contributed by atoms with Crippen LogP contribution < -0.4 is 19.1 Å². The molecule has 10 nitrogen and oxygen atoms in total. The first-order chi connectivity index (χ1) is 14.6. The van der Waals surface area contributed by atoms with Gasteiger partial charge in [0.2, 0.25) is 5.75 Å². The average molecular weight is 414 g/mol. The Morgan fingerprint density at radius 3 is 2.27 bits per heavy atom. The van der Waals surface area contributed by atoms with E-state index in [0.717, 1.165) is 61.1 Å². The Morgan fingerprint density at radius 2 is 1.70 bits per heavy atom. The smallest absolute Gasteiger partial charge is 0.203 e. The molecule has 0 radical (unpaired) electrons. The lowest BCUT2D eigenvalue weighted by molar-refractivity contribution is 0.247. The normalized spacial score (nSPS) is 14.7. The van der Waals surface area contributed by atoms with Gasteiger partial charge in [-0.05, 0) is 24.2 Å². The van der Waals surface area contributed by atoms with E-state index in [9.17, 15) is 0 Å². The van der Waals surface area contributed by atoms with Gasteiger partial charge in [0.25, 0.3) is 0 Å². The van der Waals surface area contributed by atoms with Gasteiger partial charge in [-0.3, -0.25) is 10.00 Å². The highest BCUT2D eigenvalue weighted by Gasteiger charge is 2.23. The molecule has 3 heterocycles. The number of benzene rings is 1. The van der Waals surface area contributed by atoms with E-state index < -0.39 is 0 Å². The van der Waals surface area contributed by atoms with Gasteiger partial charge in [0.05, 0.1) is 33.2 Å². The number of nitrogens with zero attached hydrogens (tertiary/aromatic N) is 5. The Bertz CT molecular complexity index is 968. The van der Waals surface area contributed by atoms with E-state index in [1.54, 1.807) is 21.3 Å². The molecule has 0 aliphatic carbocycles. The third kappa shape index (κ3) is 3.78. The van der Waals surface area contributed by atoms with Gasteiger partial charge in [-0.25, -0.2) is 4.63 Å². The van der Waals surface area contributed by atoms with Crippen LogP contribution in [0.3, 0.4) is 0 Å². The number of hydrogen-bond acceptors (Lipinski definition) is 9. The maximum absolute atomic E-state index is 5.49. The van der Waals surface area contributed by atoms with E-state index in [0.29, 0.717) is 17.2 Å². The number of piperazine rings is 1. The second-order valence-electron chi connectivity index (χ2n) is 7.12. The van der Waals surface area contributed by atoms with Crippen molar-refractivity contribution in [3.63, 3.8) is 0 Å². The summed E-state index contributed by atoms with van der Waals surface area (Å²) in [6.07, 6.45) is 1.87. The molecule has 0 amide bonds. The van der Waals surface area contributed by atoms with Crippen LogP contribution in [0.1, 0.15) is 11.3 Å². The lowest BCUT2D eigenvalue weighted by atomic mass is 10.1. The minimum Gasteiger partial charge on any atom is -0.493 e. The summed E-state index contributed by atoms with van der Waals surface area (Å²) in [6, 6.07) is 3.85. The molecule has 1 aliphatic rings. The molecule has 2 aromatic heterocycles. The summed E-state index contributed by atoms with van der Waals surface area (Å²) in [6.45, 7) is 6.25. The van der Waals surface area contributed by atoms with Crippen LogP contribution in [0, 0.1) is 6.92 Å². The quantitative estimate of drug-likeness (QED) is 0.623. The monoisotopic (exact) mass is 414 g/mol. The fourth-order valence-electron chi connectivity index (χ4n) is 3.78. The second kappa shape index (κ2) is 8.62. The largest absolute Gasteiger partial charge is 0.493 e. The summed E-state index contributed by atoms with van der Waals surface area (Å²) >= 11 is 0. The maximum Gasteiger partial charge on any atom is 0.203 e. The van der Waals surface area contributed by atoms with Crippen LogP contribution in [0.25, 0.3) is 11.3 Å². The number of aromatic nitrogens is 4. The van der Waals surface area contributed by atoms with E-state index in [2.05, 4.69) is 30.3 Å². The Kier molecular flexibility index (Phi) is 5.75. The van der Waals surface area contributed by atoms with Gasteiger partial charge in [0.1, 0.15) is 5.69 Å². The fourth-order valence-corrected chi connectivity index (χ4v) is 3.78. The zero-order valence-electron chi connectivity index (χ0n) is 17.6. The molecule has 1 saturated heterocycles. The Balaban J connectivity index is 1.50. The van der Waals surface area contributed by atoms with E-state index in [-0.39, 0.29) is 0 Å². The van der Waals surface area contributed by atoms with Crippen molar-refractivity contribution in [3.8, 4) is 28.5 Å². The van der Waals surface area contributed by atoms with Gasteiger partial charge >= 0.3 is 0 Å². The SMILES string of the molecule is COc1cc(-c2[nH]ncc2CN2CCN(c3nonc3C)CC2)cc(OC)c1OC. The molecule has 1 aromatic carbocycles. The van der Waals surface area contributed by atoms with Crippen molar-refractivity contribution in [1.29, 1.82) is 0 Å². The predicted octanol–water partition coefficient (Wildman–Crippen LogP) is 2.12. The van der Waals surface area contributed by atoms with Gasteiger partial charge in [0.15, 0.2) is 17.3 Å². The summed E-state index contributed by atoms with van der Waals surface area (Å²) in [5, 5.41) is 15.3. The van der Waals surface area contributed by atoms with Crippen molar-refractivity contribution in [3.05, 3.63) is 29.6 Å². The van der Waals surface area contributed by atoms with Crippen LogP contribution in [0.15, 0.2) is 23.0 Å². The number of aryl methyl sites for hydroxylation is 1. The van der Waals surface area contributed by atoms with Crippen LogP contribution in [0.5, 0.6) is 17.2 Å². The Hall–Kier alpha value is -3.27. The fraction of sp³-hybridized carbons (Fsp3) is 0.450. The molecular formula is C20H26N6O4. The van der Waals surface area contributed by atoms with Crippen molar-refractivity contribution < 1.29 is 18.8 Å². The van der Waals surface area contributed by atoms with Crippen LogP contribution in [0.4, 0.5) is 5.82 Å². The van der Waals surface area contributed by atoms with Crippen molar-refractivity contribution in [1.82, 2.24) is 25.4 Å². The van der Waals surface area contributed by atoms with Crippen molar-refractivity contribution in [2.75, 3.05) is 52.4 Å². The molecule has 1 fully saturated rings. The molecule has 10 heteroatoms. The second-order valence-corrected chi connectivity index (χ2v) is 7.12. The lowest BCUT2D eigenvalue weighted by Gasteiger charge is -2.34. The highest BCUT2D eigenvalue weighted by atomic mass is 16.6. The Morgan fingerprint density at radius 1 is 1.00 bits per heavy atom. The molecule has 4 rings (SSSR count). The van der Waals surface area contributed by atoms with E-state index in [4.69, 9.17) is 18.8 Å². The highest BCUT2D eigenvalue weighted by Crippen LogP contribution is 2.41. The summed E-state index contributed by atoms with van der Waals surface area (Å²) < 4.78 is 21.2. The number of nitrogens with one attached hydrogen (secondary N) is 1. The molecule has 0 spiro atoms. The summed E-state index contributed by atoms with van der Waals surface area (Å²) in [7, 11) is 4.82. The molecule has 160 valence electrons. The molecule has 0 atom stereocenters. The van der Waals surface area contributed by atoms with Crippen LogP contribution in [0.2, 0.25) is 0 Å². The van der Waals surface area contributed by atoms with Crippen LogP contribution in [-0.4, -0.2) is 72.9 Å². The van der Waals surface area contributed by atoms with Gasteiger partial charge in [0, 0.05) is 43.9 Å². The average Bonchev–Trinajstić information content (AvgIpc) is 3.42. The van der Waals surface area contributed by atoms with Gasteiger partial charge in [-0.1, -0.05) is 5.16 Å². The summed E-state index contributed by atoms with van der Waals surface area (Å²) in [5.74, 6) is 2.62. The molecule has 1 aliphatic heterocycles. The molecular weight excluding hydrogens is 388 g/mol. The molecule has 0 saturated carbocycles. The number of ether oxygens (including phenoxy) is 3. The topological polar surface area (TPSA) is 102 Å². The molecule has 3 aromatic rings. The van der Waals surface area contributed by atoms with Gasteiger partial charge in [-0.15, -0.1) is 0 Å². The van der Waals surface area contributed by atoms with Crippen molar-refractivity contribution in [2.45, 2.75) is 13.5 Å². The van der Waals surface area contributed by atoms with Gasteiger partial charge in [-0.2, -0.15) is 5.10 Å². The minimum absolute atomic E-state index is 0.568. The van der Waals surface area contributed by atoms with E-state index >= 15 is 0 Å². The first kappa shape index (κ1) is 20.0. The van der Waals surface area contributed by atoms with Crippen molar-refractivity contribution in [2.24, 2.45) is 0 Å². The molecule has 0 unspecified atom stereocenters. The molecule has 0 bridgehead atoms. The predicted molar refractivity (Wildman–Crippen MR) is 110 cm³/mol. The number of aromatic amines is 1. The number of methoxy groups -OCH3 is 3. The lowest BCUT2D eigenvalue weighted by Crippen LogP contribution is -2.46. The maximum atomic E-state index is 5.49.